The Morgan fingerprint density at radius 3 is 2.00 bits per heavy atom. The molecule has 4 nitrogen and oxygen atoms in total. The van der Waals surface area contributed by atoms with Gasteiger partial charge in [-0.1, -0.05) is 13.8 Å². The van der Waals surface area contributed by atoms with Gasteiger partial charge in [0, 0.05) is 0 Å². The van der Waals surface area contributed by atoms with Crippen LogP contribution in [0.3, 0.4) is 0 Å². The summed E-state index contributed by atoms with van der Waals surface area (Å²) in [6, 6.07) is 0. The van der Waals surface area contributed by atoms with Crippen LogP contribution in [0.5, 0.6) is 0 Å². The lowest BCUT2D eigenvalue weighted by molar-refractivity contribution is -0.157. The third kappa shape index (κ3) is 4.00. The predicted octanol–water partition coefficient (Wildman–Crippen LogP) is 2.01. The Morgan fingerprint density at radius 2 is 1.73 bits per heavy atom. The minimum Gasteiger partial charge on any atom is -0.481 e. The number of ether oxygens (including phenoxy) is 1. The first kappa shape index (κ1) is 14.1. The molecule has 0 aromatic heterocycles. The van der Waals surface area contributed by atoms with Crippen molar-refractivity contribution in [2.45, 2.75) is 58.7 Å². The second-order valence-corrected chi connectivity index (χ2v) is 3.86. The molecule has 0 atom stereocenters. The van der Waals surface area contributed by atoms with Gasteiger partial charge in [0.15, 0.2) is 5.78 Å². The van der Waals surface area contributed by atoms with Crippen LogP contribution in [0.15, 0.2) is 0 Å². The number of hydrogen-bond donors (Lipinski definition) is 1. The third-order valence-corrected chi connectivity index (χ3v) is 2.42. The summed E-state index contributed by atoms with van der Waals surface area (Å²) in [4.78, 5) is 22.3. The molecule has 4 heteroatoms. The van der Waals surface area contributed by atoms with Crippen LogP contribution in [0.25, 0.3) is 0 Å². The molecule has 0 saturated heterocycles. The number of rotatable bonds is 7. The largest absolute Gasteiger partial charge is 0.481 e. The molecule has 0 saturated carbocycles. The van der Waals surface area contributed by atoms with Crippen LogP contribution < -0.4 is 0 Å². The van der Waals surface area contributed by atoms with Crippen molar-refractivity contribution in [3.05, 3.63) is 0 Å². The highest BCUT2D eigenvalue weighted by molar-refractivity contribution is 5.99. The summed E-state index contributed by atoms with van der Waals surface area (Å²) >= 11 is 0. The Bertz CT molecular complexity index is 229. The van der Waals surface area contributed by atoms with Gasteiger partial charge in [0.1, 0.15) is 12.0 Å². The van der Waals surface area contributed by atoms with E-state index in [1.165, 1.54) is 0 Å². The first-order valence-corrected chi connectivity index (χ1v) is 5.30. The summed E-state index contributed by atoms with van der Waals surface area (Å²) in [7, 11) is 0. The maximum atomic E-state index is 11.8. The number of aliphatic carboxylic acids is 1. The van der Waals surface area contributed by atoms with Crippen molar-refractivity contribution in [2.75, 3.05) is 0 Å². The molecule has 0 aliphatic heterocycles. The molecule has 0 unspecified atom stereocenters. The van der Waals surface area contributed by atoms with Crippen LogP contribution in [-0.4, -0.2) is 28.6 Å². The molecule has 0 fully saturated rings. The van der Waals surface area contributed by atoms with Gasteiger partial charge in [0.2, 0.25) is 0 Å². The van der Waals surface area contributed by atoms with Crippen molar-refractivity contribution in [2.24, 2.45) is 0 Å². The van der Waals surface area contributed by atoms with Crippen LogP contribution in [0.1, 0.15) is 47.0 Å². The summed E-state index contributed by atoms with van der Waals surface area (Å²) < 4.78 is 5.59. The molecule has 0 bridgehead atoms. The van der Waals surface area contributed by atoms with E-state index < -0.39 is 18.0 Å². The number of carboxylic acids is 1. The van der Waals surface area contributed by atoms with E-state index in [0.29, 0.717) is 12.8 Å². The molecule has 0 heterocycles. The fourth-order valence-electron chi connectivity index (χ4n) is 1.63. The average Bonchev–Trinajstić information content (AvgIpc) is 2.12. The Balaban J connectivity index is 4.75. The smallest absolute Gasteiger partial charge is 0.310 e. The number of ketones is 1. The lowest BCUT2D eigenvalue weighted by atomic mass is 9.89. The quantitative estimate of drug-likeness (QED) is 0.661. The number of carbonyl (C=O) groups excluding carboxylic acids is 1. The normalized spacial score (nSPS) is 11.8. The zero-order valence-electron chi connectivity index (χ0n) is 9.87. The molecule has 0 aliphatic carbocycles. The summed E-state index contributed by atoms with van der Waals surface area (Å²) in [5.74, 6) is -1.44. The lowest BCUT2D eigenvalue weighted by Gasteiger charge is -2.32. The second kappa shape index (κ2) is 5.85. The maximum Gasteiger partial charge on any atom is 0.310 e. The van der Waals surface area contributed by atoms with Gasteiger partial charge in [-0.2, -0.15) is 0 Å². The van der Waals surface area contributed by atoms with Crippen molar-refractivity contribution in [3.8, 4) is 0 Å². The molecule has 0 spiro atoms. The third-order valence-electron chi connectivity index (χ3n) is 2.42. The minimum atomic E-state index is -1.10. The van der Waals surface area contributed by atoms with Gasteiger partial charge in [-0.15, -0.1) is 0 Å². The van der Waals surface area contributed by atoms with Crippen LogP contribution in [0, 0.1) is 0 Å². The highest BCUT2D eigenvalue weighted by atomic mass is 16.5. The van der Waals surface area contributed by atoms with Crippen molar-refractivity contribution in [3.63, 3.8) is 0 Å². The number of hydrogen-bond acceptors (Lipinski definition) is 3. The lowest BCUT2D eigenvalue weighted by Crippen LogP contribution is -2.43. The van der Waals surface area contributed by atoms with E-state index in [1.807, 2.05) is 27.7 Å². The van der Waals surface area contributed by atoms with Gasteiger partial charge in [-0.25, -0.2) is 0 Å². The highest BCUT2D eigenvalue weighted by Crippen LogP contribution is 2.25. The first-order valence-electron chi connectivity index (χ1n) is 5.30. The van der Waals surface area contributed by atoms with E-state index in [0.717, 1.165) is 0 Å². The number of carbonyl (C=O) groups is 2. The van der Waals surface area contributed by atoms with Crippen molar-refractivity contribution in [1.29, 1.82) is 0 Å². The van der Waals surface area contributed by atoms with Crippen LogP contribution in [0.4, 0.5) is 0 Å². The number of Topliss-reactive ketones (excluding diaryl/α,β-unsaturated/α-hetero) is 1. The molecular formula is C11H20O4. The Labute approximate surface area is 90.6 Å². The van der Waals surface area contributed by atoms with E-state index >= 15 is 0 Å². The van der Waals surface area contributed by atoms with Crippen LogP contribution >= 0.6 is 0 Å². The summed E-state index contributed by atoms with van der Waals surface area (Å²) in [5.41, 5.74) is -0.924. The standard InChI is InChI=1S/C11H20O4/c1-5-11(6-2,15-8(3)4)9(12)7-10(13)14/h8H,5-7H2,1-4H3,(H,13,14). The van der Waals surface area contributed by atoms with Gasteiger partial charge < -0.3 is 9.84 Å². The molecule has 1 N–H and O–H groups in total. The van der Waals surface area contributed by atoms with Gasteiger partial charge in [-0.05, 0) is 26.7 Å². The average molecular weight is 216 g/mol. The summed E-state index contributed by atoms with van der Waals surface area (Å²) in [6.07, 6.45) is 0.471. The molecule has 0 amide bonds. The highest BCUT2D eigenvalue weighted by Gasteiger charge is 2.37. The molecule has 0 aliphatic rings. The topological polar surface area (TPSA) is 63.6 Å². The fraction of sp³-hybridized carbons (Fsp3) is 0.818. The number of carboxylic acid groups (broad SMARTS) is 1. The van der Waals surface area contributed by atoms with Crippen LogP contribution in [0.2, 0.25) is 0 Å². The molecule has 0 aromatic carbocycles. The molecule has 88 valence electrons. The zero-order chi connectivity index (χ0) is 12.1. The Hall–Kier alpha value is -0.900. The molecule has 0 aromatic rings. The SMILES string of the molecule is CCC(CC)(OC(C)C)C(=O)CC(=O)O. The zero-order valence-corrected chi connectivity index (χ0v) is 9.87. The molecule has 15 heavy (non-hydrogen) atoms. The van der Waals surface area contributed by atoms with Crippen molar-refractivity contribution in [1.82, 2.24) is 0 Å². The first-order chi connectivity index (χ1) is 6.88. The van der Waals surface area contributed by atoms with Crippen molar-refractivity contribution >= 4 is 11.8 Å². The summed E-state index contributed by atoms with van der Waals surface area (Å²) in [6.45, 7) is 7.36. The summed E-state index contributed by atoms with van der Waals surface area (Å²) in [5, 5.41) is 8.60. The Kier molecular flexibility index (Phi) is 5.50. The van der Waals surface area contributed by atoms with Gasteiger partial charge >= 0.3 is 5.97 Å². The van der Waals surface area contributed by atoms with Crippen molar-refractivity contribution < 1.29 is 19.4 Å². The van der Waals surface area contributed by atoms with Gasteiger partial charge in [0.05, 0.1) is 6.10 Å². The van der Waals surface area contributed by atoms with E-state index in [-0.39, 0.29) is 11.9 Å². The Morgan fingerprint density at radius 1 is 1.27 bits per heavy atom. The van der Waals surface area contributed by atoms with E-state index in [4.69, 9.17) is 9.84 Å². The molecular weight excluding hydrogens is 196 g/mol. The van der Waals surface area contributed by atoms with E-state index in [1.54, 1.807) is 0 Å². The fourth-order valence-corrected chi connectivity index (χ4v) is 1.63. The maximum absolute atomic E-state index is 11.8. The van der Waals surface area contributed by atoms with Crippen LogP contribution in [-0.2, 0) is 14.3 Å². The molecule has 0 radical (unpaired) electrons. The predicted molar refractivity (Wildman–Crippen MR) is 56.8 cm³/mol. The van der Waals surface area contributed by atoms with Gasteiger partial charge in [0.25, 0.3) is 0 Å². The minimum absolute atomic E-state index is 0.0809. The van der Waals surface area contributed by atoms with Gasteiger partial charge in [-0.3, -0.25) is 9.59 Å². The second-order valence-electron chi connectivity index (χ2n) is 3.86. The van der Waals surface area contributed by atoms with E-state index in [9.17, 15) is 9.59 Å². The molecule has 0 rings (SSSR count). The van der Waals surface area contributed by atoms with E-state index in [2.05, 4.69) is 0 Å². The monoisotopic (exact) mass is 216 g/mol.